The molecular formula is C20H20Cl2FN3O2S. The maximum absolute atomic E-state index is 14.3. The van der Waals surface area contributed by atoms with Gasteiger partial charge in [-0.05, 0) is 54.6 Å². The Bertz CT molecular complexity index is 1190. The van der Waals surface area contributed by atoms with Gasteiger partial charge in [0.15, 0.2) is 9.84 Å². The van der Waals surface area contributed by atoms with Gasteiger partial charge in [0, 0.05) is 41.7 Å². The lowest BCUT2D eigenvalue weighted by Gasteiger charge is -2.09. The predicted molar refractivity (Wildman–Crippen MR) is 115 cm³/mol. The molecule has 0 radical (unpaired) electrons. The van der Waals surface area contributed by atoms with Crippen LogP contribution >= 0.6 is 23.4 Å². The van der Waals surface area contributed by atoms with Gasteiger partial charge in [0.1, 0.15) is 5.83 Å². The van der Waals surface area contributed by atoms with E-state index in [0.29, 0.717) is 11.4 Å². The summed E-state index contributed by atoms with van der Waals surface area (Å²) in [4.78, 5) is 7.02. The molecule has 0 spiro atoms. The van der Waals surface area contributed by atoms with E-state index in [0.717, 1.165) is 34.1 Å². The minimum atomic E-state index is -3.34. The molecule has 0 aliphatic carbocycles. The van der Waals surface area contributed by atoms with Crippen LogP contribution in [0.1, 0.15) is 16.8 Å². The highest BCUT2D eigenvalue weighted by Gasteiger charge is 2.18. The summed E-state index contributed by atoms with van der Waals surface area (Å²) >= 11 is 11.8. The number of nitrogens with zero attached hydrogens (tertiary/aromatic N) is 2. The van der Waals surface area contributed by atoms with E-state index in [2.05, 4.69) is 9.82 Å². The smallest absolute Gasteiger partial charge is 0.175 e. The Labute approximate surface area is 179 Å². The number of hydrogen-bond acceptors (Lipinski definition) is 4. The molecule has 9 heteroatoms. The van der Waals surface area contributed by atoms with E-state index < -0.39 is 9.84 Å². The summed E-state index contributed by atoms with van der Waals surface area (Å²) in [5, 5.41) is 0.364. The average molecular weight is 456 g/mol. The van der Waals surface area contributed by atoms with Crippen molar-refractivity contribution in [3.05, 3.63) is 70.3 Å². The van der Waals surface area contributed by atoms with Crippen molar-refractivity contribution in [2.45, 2.75) is 24.8 Å². The quantitative estimate of drug-likeness (QED) is 0.529. The third-order valence-corrected chi connectivity index (χ3v) is 6.35. The molecule has 0 saturated carbocycles. The van der Waals surface area contributed by atoms with Crippen LogP contribution in [-0.2, 0) is 22.8 Å². The monoisotopic (exact) mass is 455 g/mol. The van der Waals surface area contributed by atoms with Gasteiger partial charge in [-0.3, -0.25) is 4.98 Å². The summed E-state index contributed by atoms with van der Waals surface area (Å²) in [6, 6.07) is 8.39. The molecule has 0 atom stereocenters. The fourth-order valence-electron chi connectivity index (χ4n) is 3.23. The zero-order valence-electron chi connectivity index (χ0n) is 15.9. The van der Waals surface area contributed by atoms with Crippen molar-refractivity contribution in [3.8, 4) is 0 Å². The molecule has 2 aromatic heterocycles. The van der Waals surface area contributed by atoms with Crippen LogP contribution < -0.4 is 4.84 Å². The Morgan fingerprint density at radius 3 is 2.76 bits per heavy atom. The topological polar surface area (TPSA) is 64.0 Å². The Morgan fingerprint density at radius 2 is 2.10 bits per heavy atom. The van der Waals surface area contributed by atoms with Crippen molar-refractivity contribution in [1.29, 1.82) is 0 Å². The minimum absolute atomic E-state index is 0.0628. The number of halogens is 3. The number of sulfone groups is 1. The van der Waals surface area contributed by atoms with Crippen molar-refractivity contribution < 1.29 is 12.8 Å². The number of nitrogens with one attached hydrogen (secondary N) is 1. The van der Waals surface area contributed by atoms with E-state index in [1.165, 1.54) is 12.1 Å². The Hall–Kier alpha value is -1.93. The summed E-state index contributed by atoms with van der Waals surface area (Å²) in [7, 11) is -3.34. The highest BCUT2D eigenvalue weighted by Crippen LogP contribution is 2.30. The number of aromatic nitrogens is 2. The van der Waals surface area contributed by atoms with Gasteiger partial charge in [0.25, 0.3) is 0 Å². The predicted octanol–water partition coefficient (Wildman–Crippen LogP) is 4.59. The van der Waals surface area contributed by atoms with Crippen LogP contribution in [0.5, 0.6) is 0 Å². The third kappa shape index (κ3) is 4.80. The second-order valence-electron chi connectivity index (χ2n) is 6.71. The van der Waals surface area contributed by atoms with E-state index >= 15 is 0 Å². The third-order valence-electron chi connectivity index (χ3n) is 4.73. The average Bonchev–Trinajstić information content (AvgIpc) is 2.93. The number of allylic oxidation sites excluding steroid dienone is 1. The van der Waals surface area contributed by atoms with Gasteiger partial charge >= 0.3 is 0 Å². The molecule has 0 bridgehead atoms. The van der Waals surface area contributed by atoms with Crippen molar-refractivity contribution in [3.63, 3.8) is 0 Å². The summed E-state index contributed by atoms with van der Waals surface area (Å²) < 4.78 is 39.6. The van der Waals surface area contributed by atoms with Crippen LogP contribution in [0.4, 0.5) is 4.39 Å². The van der Waals surface area contributed by atoms with E-state index in [1.54, 1.807) is 24.4 Å². The molecule has 3 aromatic rings. The van der Waals surface area contributed by atoms with Crippen LogP contribution in [-0.4, -0.2) is 30.8 Å². The lowest BCUT2D eigenvalue weighted by atomic mass is 10.0. The van der Waals surface area contributed by atoms with Gasteiger partial charge in [-0.1, -0.05) is 17.7 Å². The van der Waals surface area contributed by atoms with Gasteiger partial charge < -0.3 is 4.57 Å². The summed E-state index contributed by atoms with van der Waals surface area (Å²) in [6.45, 7) is 2.19. The molecule has 3 rings (SSSR count). The Kier molecular flexibility index (Phi) is 6.63. The maximum atomic E-state index is 14.3. The molecule has 2 heterocycles. The molecule has 0 amide bonds. The summed E-state index contributed by atoms with van der Waals surface area (Å²) in [5.74, 6) is -0.316. The lowest BCUT2D eigenvalue weighted by Crippen LogP contribution is -2.04. The fraction of sp³-hybridized carbons (Fsp3) is 0.250. The second kappa shape index (κ2) is 8.83. The van der Waals surface area contributed by atoms with Crippen LogP contribution in [0, 0.1) is 6.92 Å². The molecule has 0 fully saturated rings. The molecule has 29 heavy (non-hydrogen) atoms. The van der Waals surface area contributed by atoms with Crippen molar-refractivity contribution in [2.24, 2.45) is 0 Å². The molecular weight excluding hydrogens is 436 g/mol. The first-order valence-corrected chi connectivity index (χ1v) is 11.5. The first-order valence-electron chi connectivity index (χ1n) is 8.81. The SMILES string of the molecule is Cc1c(Cc2ccc(S(C)(=O)=O)cc2Cl)c2ncccc2n1C/C(F)=C/CNCl. The van der Waals surface area contributed by atoms with Gasteiger partial charge in [-0.15, -0.1) is 0 Å². The molecule has 0 aliphatic rings. The summed E-state index contributed by atoms with van der Waals surface area (Å²) in [5.41, 5.74) is 4.12. The molecule has 5 nitrogen and oxygen atoms in total. The second-order valence-corrected chi connectivity index (χ2v) is 9.40. The number of benzene rings is 1. The van der Waals surface area contributed by atoms with E-state index in [1.807, 2.05) is 17.6 Å². The van der Waals surface area contributed by atoms with Gasteiger partial charge in [-0.25, -0.2) is 17.6 Å². The zero-order valence-corrected chi connectivity index (χ0v) is 18.2. The number of pyridine rings is 1. The highest BCUT2D eigenvalue weighted by atomic mass is 35.5. The molecule has 1 N–H and O–H groups in total. The summed E-state index contributed by atoms with van der Waals surface area (Å²) in [6.07, 6.45) is 4.66. The van der Waals surface area contributed by atoms with E-state index in [4.69, 9.17) is 23.4 Å². The van der Waals surface area contributed by atoms with Crippen molar-refractivity contribution in [1.82, 2.24) is 14.4 Å². The first-order chi connectivity index (χ1) is 13.7. The van der Waals surface area contributed by atoms with Crippen LogP contribution in [0.2, 0.25) is 5.02 Å². The molecule has 0 aliphatic heterocycles. The fourth-order valence-corrected chi connectivity index (χ4v) is 4.27. The van der Waals surface area contributed by atoms with E-state index in [9.17, 15) is 12.8 Å². The number of rotatable bonds is 7. The molecule has 1 aromatic carbocycles. The van der Waals surface area contributed by atoms with Gasteiger partial charge in [0.2, 0.25) is 0 Å². The number of hydrogen-bond donors (Lipinski definition) is 1. The van der Waals surface area contributed by atoms with Crippen LogP contribution in [0.15, 0.2) is 53.3 Å². The van der Waals surface area contributed by atoms with Crippen LogP contribution in [0.3, 0.4) is 0 Å². The Morgan fingerprint density at radius 1 is 1.34 bits per heavy atom. The highest BCUT2D eigenvalue weighted by molar-refractivity contribution is 7.90. The maximum Gasteiger partial charge on any atom is 0.175 e. The molecule has 0 unspecified atom stereocenters. The lowest BCUT2D eigenvalue weighted by molar-refractivity contribution is 0.554. The van der Waals surface area contributed by atoms with Crippen molar-refractivity contribution in [2.75, 3.05) is 12.8 Å². The molecule has 0 saturated heterocycles. The standard InChI is InChI=1S/C20H20Cl2FN3O2S/c1-13-17(10-14-5-6-16(11-18(14)21)29(2,27)28)20-19(4-3-8-24-20)26(13)12-15(23)7-9-25-22/h3-8,11,25H,9-10,12H2,1-2H3/b15-7-. The van der Waals surface area contributed by atoms with Crippen LogP contribution in [0.25, 0.3) is 11.0 Å². The molecule has 154 valence electrons. The normalized spacial score (nSPS) is 12.7. The van der Waals surface area contributed by atoms with Gasteiger partial charge in [0.05, 0.1) is 22.5 Å². The minimum Gasteiger partial charge on any atom is -0.336 e. The first kappa shape index (κ1) is 21.8. The number of fused-ring (bicyclic) bond motifs is 1. The zero-order chi connectivity index (χ0) is 21.2. The Balaban J connectivity index is 2.04. The largest absolute Gasteiger partial charge is 0.336 e. The van der Waals surface area contributed by atoms with Crippen molar-refractivity contribution >= 4 is 44.2 Å². The van der Waals surface area contributed by atoms with E-state index in [-0.39, 0.29) is 23.8 Å². The van der Waals surface area contributed by atoms with Gasteiger partial charge in [-0.2, -0.15) is 0 Å².